The molecule has 168 valence electrons. The zero-order chi connectivity index (χ0) is 23.1. The third-order valence-corrected chi connectivity index (χ3v) is 6.39. The second kappa shape index (κ2) is 10.7. The molecule has 32 heavy (non-hydrogen) atoms. The molecule has 0 heterocycles. The Morgan fingerprint density at radius 3 is 2.31 bits per heavy atom. The van der Waals surface area contributed by atoms with E-state index in [-0.39, 0.29) is 27.9 Å². The summed E-state index contributed by atoms with van der Waals surface area (Å²) in [5.41, 5.74) is 1.87. The summed E-state index contributed by atoms with van der Waals surface area (Å²) in [5, 5.41) is 3.34. The number of nitrogens with one attached hydrogen (secondary N) is 2. The van der Waals surface area contributed by atoms with Gasteiger partial charge in [0.25, 0.3) is 10.0 Å². The molecule has 0 bridgehead atoms. The summed E-state index contributed by atoms with van der Waals surface area (Å²) in [7, 11) is -3.85. The molecule has 3 rings (SSSR count). The van der Waals surface area contributed by atoms with Crippen molar-refractivity contribution in [2.45, 2.75) is 24.7 Å². The number of sulfonamides is 1. The molecule has 0 aliphatic heterocycles. The molecule has 0 unspecified atom stereocenters. The molecular weight excluding hydrogens is 471 g/mol. The van der Waals surface area contributed by atoms with E-state index in [1.54, 1.807) is 0 Å². The molecule has 0 saturated heterocycles. The van der Waals surface area contributed by atoms with Gasteiger partial charge in [0.2, 0.25) is 5.91 Å². The summed E-state index contributed by atoms with van der Waals surface area (Å²) in [5.74, 6) is 0.584. The van der Waals surface area contributed by atoms with Crippen LogP contribution in [0.3, 0.4) is 0 Å². The van der Waals surface area contributed by atoms with Crippen molar-refractivity contribution in [3.63, 3.8) is 0 Å². The first-order valence-electron chi connectivity index (χ1n) is 9.80. The lowest BCUT2D eigenvalue weighted by Gasteiger charge is -2.11. The highest BCUT2D eigenvalue weighted by molar-refractivity contribution is 7.92. The Balaban J connectivity index is 1.49. The van der Waals surface area contributed by atoms with Crippen LogP contribution in [0.4, 0.5) is 11.4 Å². The van der Waals surface area contributed by atoms with Crippen molar-refractivity contribution in [1.82, 2.24) is 0 Å². The van der Waals surface area contributed by atoms with Crippen molar-refractivity contribution in [3.8, 4) is 5.75 Å². The van der Waals surface area contributed by atoms with Crippen LogP contribution in [0.5, 0.6) is 5.75 Å². The zero-order valence-corrected chi connectivity index (χ0v) is 19.6. The predicted octanol–water partition coefficient (Wildman–Crippen LogP) is 5.90. The molecule has 0 radical (unpaired) electrons. The molecule has 6 nitrogen and oxygen atoms in total. The first kappa shape index (κ1) is 23.9. The molecule has 0 aromatic heterocycles. The number of hydrogen-bond acceptors (Lipinski definition) is 4. The Bertz CT molecular complexity index is 1180. The molecule has 9 heteroatoms. The maximum absolute atomic E-state index is 12.6. The SMILES string of the molecule is Cc1ccc(OCCCC(=O)Nc2ccc(S(=O)(=O)Nc3ccc(Cl)cc3Cl)cc2)cc1. The zero-order valence-electron chi connectivity index (χ0n) is 17.3. The number of halogens is 2. The molecule has 1 amide bonds. The van der Waals surface area contributed by atoms with Crippen LogP contribution >= 0.6 is 23.2 Å². The fraction of sp³-hybridized carbons (Fsp3) is 0.174. The van der Waals surface area contributed by atoms with E-state index in [9.17, 15) is 13.2 Å². The highest BCUT2D eigenvalue weighted by Gasteiger charge is 2.16. The van der Waals surface area contributed by atoms with Gasteiger partial charge in [-0.15, -0.1) is 0 Å². The van der Waals surface area contributed by atoms with Crippen LogP contribution in [0.15, 0.2) is 71.6 Å². The molecule has 0 fully saturated rings. The molecular formula is C23H22Cl2N2O4S. The number of hydrogen-bond donors (Lipinski definition) is 2. The van der Waals surface area contributed by atoms with E-state index >= 15 is 0 Å². The van der Waals surface area contributed by atoms with Gasteiger partial charge in [-0.05, 0) is 67.9 Å². The topological polar surface area (TPSA) is 84.5 Å². The second-order valence-corrected chi connectivity index (χ2v) is 9.59. The maximum Gasteiger partial charge on any atom is 0.261 e. The molecule has 0 aliphatic carbocycles. The van der Waals surface area contributed by atoms with Gasteiger partial charge in [-0.3, -0.25) is 9.52 Å². The maximum atomic E-state index is 12.6. The molecule has 2 N–H and O–H groups in total. The summed E-state index contributed by atoms with van der Waals surface area (Å²) in [6, 6.07) is 18.0. The van der Waals surface area contributed by atoms with E-state index in [1.807, 2.05) is 31.2 Å². The van der Waals surface area contributed by atoms with E-state index in [1.165, 1.54) is 42.5 Å². The van der Waals surface area contributed by atoms with Crippen LogP contribution in [0.25, 0.3) is 0 Å². The highest BCUT2D eigenvalue weighted by Crippen LogP contribution is 2.28. The fourth-order valence-corrected chi connectivity index (χ4v) is 4.37. The van der Waals surface area contributed by atoms with Crippen molar-refractivity contribution >= 4 is 50.5 Å². The lowest BCUT2D eigenvalue weighted by molar-refractivity contribution is -0.116. The average Bonchev–Trinajstić information content (AvgIpc) is 2.75. The molecule has 0 saturated carbocycles. The van der Waals surface area contributed by atoms with Gasteiger partial charge in [0.15, 0.2) is 0 Å². The lowest BCUT2D eigenvalue weighted by atomic mass is 10.2. The van der Waals surface area contributed by atoms with Gasteiger partial charge in [0.1, 0.15) is 5.75 Å². The van der Waals surface area contributed by atoms with Gasteiger partial charge in [0.05, 0.1) is 22.2 Å². The molecule has 0 spiro atoms. The summed E-state index contributed by atoms with van der Waals surface area (Å²) in [4.78, 5) is 12.2. The van der Waals surface area contributed by atoms with Crippen molar-refractivity contribution in [2.75, 3.05) is 16.6 Å². The van der Waals surface area contributed by atoms with Crippen LogP contribution < -0.4 is 14.8 Å². The third-order valence-electron chi connectivity index (χ3n) is 4.46. The Kier molecular flexibility index (Phi) is 8.01. The van der Waals surface area contributed by atoms with Gasteiger partial charge in [-0.1, -0.05) is 40.9 Å². The van der Waals surface area contributed by atoms with Crippen LogP contribution in [0, 0.1) is 6.92 Å². The Labute approximate surface area is 197 Å². The Morgan fingerprint density at radius 2 is 1.66 bits per heavy atom. The van der Waals surface area contributed by atoms with Crippen LogP contribution in [-0.2, 0) is 14.8 Å². The van der Waals surface area contributed by atoms with Gasteiger partial charge in [-0.25, -0.2) is 8.42 Å². The summed E-state index contributed by atoms with van der Waals surface area (Å²) in [6.07, 6.45) is 0.834. The van der Waals surface area contributed by atoms with Crippen molar-refractivity contribution in [3.05, 3.63) is 82.3 Å². The quantitative estimate of drug-likeness (QED) is 0.364. The van der Waals surface area contributed by atoms with Gasteiger partial charge >= 0.3 is 0 Å². The minimum absolute atomic E-state index is 0.0352. The van der Waals surface area contributed by atoms with Gasteiger partial charge in [0, 0.05) is 17.1 Å². The number of anilines is 2. The van der Waals surface area contributed by atoms with Gasteiger partial charge < -0.3 is 10.1 Å². The summed E-state index contributed by atoms with van der Waals surface area (Å²) in [6.45, 7) is 2.43. The summed E-state index contributed by atoms with van der Waals surface area (Å²) < 4.78 is 33.2. The fourth-order valence-electron chi connectivity index (χ4n) is 2.77. The van der Waals surface area contributed by atoms with Crippen LogP contribution in [0.1, 0.15) is 18.4 Å². The van der Waals surface area contributed by atoms with E-state index in [2.05, 4.69) is 10.0 Å². The van der Waals surface area contributed by atoms with E-state index in [0.29, 0.717) is 23.7 Å². The third kappa shape index (κ3) is 6.88. The van der Waals surface area contributed by atoms with E-state index in [0.717, 1.165) is 11.3 Å². The first-order chi connectivity index (χ1) is 15.2. The minimum atomic E-state index is -3.85. The summed E-state index contributed by atoms with van der Waals surface area (Å²) >= 11 is 11.9. The van der Waals surface area contributed by atoms with Crippen LogP contribution in [-0.4, -0.2) is 20.9 Å². The number of rotatable bonds is 9. The van der Waals surface area contributed by atoms with E-state index < -0.39 is 10.0 Å². The number of benzene rings is 3. The number of ether oxygens (including phenoxy) is 1. The standard InChI is InChI=1S/C23H22Cl2N2O4S/c1-16-4-9-19(10-5-16)31-14-2-3-23(28)26-18-7-11-20(12-8-18)32(29,30)27-22-13-6-17(24)15-21(22)25/h4-13,15,27H,2-3,14H2,1H3,(H,26,28). The molecule has 3 aromatic rings. The lowest BCUT2D eigenvalue weighted by Crippen LogP contribution is -2.14. The van der Waals surface area contributed by atoms with Gasteiger partial charge in [-0.2, -0.15) is 0 Å². The molecule has 0 aliphatic rings. The van der Waals surface area contributed by atoms with E-state index in [4.69, 9.17) is 27.9 Å². The Morgan fingerprint density at radius 1 is 0.969 bits per heavy atom. The predicted molar refractivity (Wildman–Crippen MR) is 128 cm³/mol. The molecule has 0 atom stereocenters. The first-order valence-corrected chi connectivity index (χ1v) is 12.0. The monoisotopic (exact) mass is 492 g/mol. The van der Waals surface area contributed by atoms with Crippen LogP contribution in [0.2, 0.25) is 10.0 Å². The number of carbonyl (C=O) groups excluding carboxylic acids is 1. The largest absolute Gasteiger partial charge is 0.494 e. The van der Waals surface area contributed by atoms with Crippen molar-refractivity contribution < 1.29 is 17.9 Å². The highest BCUT2D eigenvalue weighted by atomic mass is 35.5. The Hall–Kier alpha value is -2.74. The second-order valence-electron chi connectivity index (χ2n) is 7.07. The number of aryl methyl sites for hydroxylation is 1. The average molecular weight is 493 g/mol. The number of amides is 1. The van der Waals surface area contributed by atoms with Crippen molar-refractivity contribution in [1.29, 1.82) is 0 Å². The minimum Gasteiger partial charge on any atom is -0.494 e. The molecule has 3 aromatic carbocycles. The van der Waals surface area contributed by atoms with Crippen molar-refractivity contribution in [2.24, 2.45) is 0 Å². The number of carbonyl (C=O) groups is 1. The smallest absolute Gasteiger partial charge is 0.261 e. The normalized spacial score (nSPS) is 11.1.